The minimum atomic E-state index is -4.56. The second kappa shape index (κ2) is 8.65. The fourth-order valence-electron chi connectivity index (χ4n) is 4.71. The number of sulfonamides is 1. The van der Waals surface area contributed by atoms with Crippen LogP contribution in [0.25, 0.3) is 0 Å². The van der Waals surface area contributed by atoms with Gasteiger partial charge in [0.2, 0.25) is 0 Å². The molecule has 168 valence electrons. The maximum atomic E-state index is 13.4. The molecule has 1 N–H and O–H groups in total. The Kier molecular flexibility index (Phi) is 6.27. The van der Waals surface area contributed by atoms with Gasteiger partial charge in [-0.25, -0.2) is 8.42 Å². The number of benzene rings is 2. The third-order valence-electron chi connectivity index (χ3n) is 6.32. The van der Waals surface area contributed by atoms with Crippen LogP contribution in [0.15, 0.2) is 51.8 Å². The highest BCUT2D eigenvalue weighted by Gasteiger charge is 2.35. The molecule has 2 aliphatic rings. The number of piperidine rings is 1. The van der Waals surface area contributed by atoms with Gasteiger partial charge in [-0.15, -0.1) is 0 Å². The fraction of sp³-hybridized carbons (Fsp3) is 0.455. The maximum absolute atomic E-state index is 13.4. The highest BCUT2D eigenvalue weighted by atomic mass is 79.9. The molecule has 0 aromatic heterocycles. The zero-order valence-corrected chi connectivity index (χ0v) is 19.2. The van der Waals surface area contributed by atoms with Crippen LogP contribution in [0.5, 0.6) is 0 Å². The molecule has 0 spiro atoms. The predicted molar refractivity (Wildman–Crippen MR) is 119 cm³/mol. The van der Waals surface area contributed by atoms with E-state index in [-0.39, 0.29) is 10.6 Å². The average Bonchev–Trinajstić information content (AvgIpc) is 2.73. The molecule has 0 amide bonds. The molecule has 2 aromatic rings. The summed E-state index contributed by atoms with van der Waals surface area (Å²) in [6.45, 7) is 1.45. The van der Waals surface area contributed by atoms with Crippen LogP contribution in [0.2, 0.25) is 0 Å². The van der Waals surface area contributed by atoms with E-state index in [0.717, 1.165) is 31.5 Å². The number of nitrogens with one attached hydrogen (secondary N) is 1. The monoisotopic (exact) mass is 516 g/mol. The van der Waals surface area contributed by atoms with Crippen LogP contribution in [-0.4, -0.2) is 21.5 Å². The SMILES string of the molecule is O=S(=O)(Nc1cc(C(F)(F)F)ccc1N1CC[C@@H]2CCCC[C@H]2C1)c1ccc(Br)cc1. The van der Waals surface area contributed by atoms with Crippen molar-refractivity contribution in [1.29, 1.82) is 0 Å². The van der Waals surface area contributed by atoms with Gasteiger partial charge in [0.05, 0.1) is 21.8 Å². The van der Waals surface area contributed by atoms with Crippen molar-refractivity contribution in [3.63, 3.8) is 0 Å². The smallest absolute Gasteiger partial charge is 0.370 e. The Balaban J connectivity index is 1.68. The molecule has 0 unspecified atom stereocenters. The second-order valence-corrected chi connectivity index (χ2v) is 10.9. The lowest BCUT2D eigenvalue weighted by atomic mass is 9.75. The highest BCUT2D eigenvalue weighted by molar-refractivity contribution is 9.10. The van der Waals surface area contributed by atoms with E-state index in [9.17, 15) is 21.6 Å². The molecule has 2 aromatic carbocycles. The molecule has 1 saturated carbocycles. The van der Waals surface area contributed by atoms with Crippen molar-refractivity contribution in [1.82, 2.24) is 0 Å². The first kappa shape index (κ1) is 22.5. The number of hydrogen-bond acceptors (Lipinski definition) is 3. The molecule has 0 radical (unpaired) electrons. The Hall–Kier alpha value is -1.74. The normalized spacial score (nSPS) is 22.1. The minimum Gasteiger partial charge on any atom is -0.370 e. The summed E-state index contributed by atoms with van der Waals surface area (Å²) in [5.41, 5.74) is -0.415. The van der Waals surface area contributed by atoms with Crippen molar-refractivity contribution in [2.45, 2.75) is 43.2 Å². The van der Waals surface area contributed by atoms with Gasteiger partial charge < -0.3 is 4.90 Å². The summed E-state index contributed by atoms with van der Waals surface area (Å²) in [4.78, 5) is 2.02. The van der Waals surface area contributed by atoms with Crippen LogP contribution in [-0.2, 0) is 16.2 Å². The van der Waals surface area contributed by atoms with E-state index < -0.39 is 21.8 Å². The summed E-state index contributed by atoms with van der Waals surface area (Å²) in [5, 5.41) is 0. The molecule has 2 atom stereocenters. The van der Waals surface area contributed by atoms with E-state index in [1.807, 2.05) is 4.90 Å². The number of halogens is 4. The fourth-order valence-corrected chi connectivity index (χ4v) is 6.04. The molecule has 1 aliphatic heterocycles. The van der Waals surface area contributed by atoms with E-state index in [2.05, 4.69) is 20.7 Å². The molecular formula is C22H24BrF3N2O2S. The van der Waals surface area contributed by atoms with Crippen LogP contribution >= 0.6 is 15.9 Å². The molecule has 0 bridgehead atoms. The molecule has 1 saturated heterocycles. The number of anilines is 2. The molecule has 9 heteroatoms. The lowest BCUT2D eigenvalue weighted by Crippen LogP contribution is -2.42. The first-order chi connectivity index (χ1) is 14.6. The molecule has 4 nitrogen and oxygen atoms in total. The first-order valence-electron chi connectivity index (χ1n) is 10.4. The summed E-state index contributed by atoms with van der Waals surface area (Å²) >= 11 is 3.26. The Labute approximate surface area is 189 Å². The van der Waals surface area contributed by atoms with Gasteiger partial charge in [-0.3, -0.25) is 4.72 Å². The molecule has 1 aliphatic carbocycles. The van der Waals surface area contributed by atoms with Crippen molar-refractivity contribution >= 4 is 37.3 Å². The lowest BCUT2D eigenvalue weighted by molar-refractivity contribution is -0.137. The van der Waals surface area contributed by atoms with E-state index in [4.69, 9.17) is 0 Å². The van der Waals surface area contributed by atoms with E-state index in [1.165, 1.54) is 37.5 Å². The largest absolute Gasteiger partial charge is 0.416 e. The Morgan fingerprint density at radius 1 is 0.968 bits per heavy atom. The van der Waals surface area contributed by atoms with E-state index in [1.54, 1.807) is 12.1 Å². The van der Waals surface area contributed by atoms with Gasteiger partial charge in [0.1, 0.15) is 0 Å². The van der Waals surface area contributed by atoms with E-state index in [0.29, 0.717) is 28.5 Å². The number of fused-ring (bicyclic) bond motifs is 1. The maximum Gasteiger partial charge on any atom is 0.416 e. The molecule has 2 fully saturated rings. The van der Waals surface area contributed by atoms with Gasteiger partial charge in [0, 0.05) is 17.6 Å². The summed E-state index contributed by atoms with van der Waals surface area (Å²) < 4.78 is 69.1. The van der Waals surface area contributed by atoms with Gasteiger partial charge in [0.15, 0.2) is 0 Å². The third kappa shape index (κ3) is 5.03. The highest BCUT2D eigenvalue weighted by Crippen LogP contribution is 2.41. The average molecular weight is 517 g/mol. The standard InChI is InChI=1S/C22H24BrF3N2O2S/c23-18-6-8-19(9-7-18)31(29,30)27-20-13-17(22(24,25)26)5-10-21(20)28-12-11-15-3-1-2-4-16(15)14-28/h5-10,13,15-16,27H,1-4,11-12,14H2/t15-,16-/m0/s1. The topological polar surface area (TPSA) is 49.4 Å². The van der Waals surface area contributed by atoms with E-state index >= 15 is 0 Å². The van der Waals surface area contributed by atoms with Gasteiger partial charge in [0.25, 0.3) is 10.0 Å². The summed E-state index contributed by atoms with van der Waals surface area (Å²) in [6, 6.07) is 9.30. The van der Waals surface area contributed by atoms with Crippen LogP contribution in [0.1, 0.15) is 37.7 Å². The van der Waals surface area contributed by atoms with Crippen molar-refractivity contribution in [2.75, 3.05) is 22.7 Å². The first-order valence-corrected chi connectivity index (χ1v) is 12.7. The van der Waals surface area contributed by atoms with Crippen molar-refractivity contribution in [3.05, 3.63) is 52.5 Å². The molecule has 4 rings (SSSR count). The molecular weight excluding hydrogens is 493 g/mol. The zero-order chi connectivity index (χ0) is 22.2. The number of alkyl halides is 3. The van der Waals surface area contributed by atoms with Gasteiger partial charge in [-0.05, 0) is 67.1 Å². The lowest BCUT2D eigenvalue weighted by Gasteiger charge is -2.42. The van der Waals surface area contributed by atoms with Crippen molar-refractivity contribution in [2.24, 2.45) is 11.8 Å². The summed E-state index contributed by atoms with van der Waals surface area (Å²) in [5.74, 6) is 1.16. The van der Waals surface area contributed by atoms with Crippen molar-refractivity contribution in [3.8, 4) is 0 Å². The van der Waals surface area contributed by atoms with Crippen LogP contribution in [0.4, 0.5) is 24.5 Å². The molecule has 1 heterocycles. The predicted octanol–water partition coefficient (Wildman–Crippen LogP) is 6.29. The number of nitrogens with zero attached hydrogens (tertiary/aromatic N) is 1. The van der Waals surface area contributed by atoms with Crippen LogP contribution < -0.4 is 9.62 Å². The number of rotatable bonds is 4. The third-order valence-corrected chi connectivity index (χ3v) is 8.23. The zero-order valence-electron chi connectivity index (χ0n) is 16.8. The van der Waals surface area contributed by atoms with Crippen LogP contribution in [0.3, 0.4) is 0 Å². The second-order valence-electron chi connectivity index (χ2n) is 8.33. The molecule has 31 heavy (non-hydrogen) atoms. The van der Waals surface area contributed by atoms with Crippen LogP contribution in [0, 0.1) is 11.8 Å². The Morgan fingerprint density at radius 2 is 1.65 bits per heavy atom. The van der Waals surface area contributed by atoms with Gasteiger partial charge in [-0.2, -0.15) is 13.2 Å². The quantitative estimate of drug-likeness (QED) is 0.519. The van der Waals surface area contributed by atoms with Gasteiger partial charge >= 0.3 is 6.18 Å². The Morgan fingerprint density at radius 3 is 2.32 bits per heavy atom. The summed E-state index contributed by atoms with van der Waals surface area (Å²) in [6.07, 6.45) is 1.14. The van der Waals surface area contributed by atoms with Crippen molar-refractivity contribution < 1.29 is 21.6 Å². The number of hydrogen-bond donors (Lipinski definition) is 1. The Bertz CT molecular complexity index is 1040. The summed E-state index contributed by atoms with van der Waals surface area (Å²) in [7, 11) is -4.04. The minimum absolute atomic E-state index is 0.00921. The van der Waals surface area contributed by atoms with Gasteiger partial charge in [-0.1, -0.05) is 35.2 Å².